The molecule has 0 spiro atoms. The molecule has 15 heteroatoms. The summed E-state index contributed by atoms with van der Waals surface area (Å²) in [6, 6.07) is 1.54. The van der Waals surface area contributed by atoms with Gasteiger partial charge in [-0.15, -0.1) is 0 Å². The lowest BCUT2D eigenvalue weighted by atomic mass is 9.94. The molecule has 2 heterocycles. The van der Waals surface area contributed by atoms with Gasteiger partial charge in [0, 0.05) is 13.1 Å². The molecule has 4 rings (SSSR count). The standard InChI is InChI=1S/C26H31ClF3N3O7S/c1-25(2,3)40-24(36)33-11-5-7-15(13-33)41(37,38)22-16(27)9-10-17(20(22)34)31-23(35)32-18-8-4-6-14-12-19(26(28,29)30)39-21(14)18/h9-10,12,15,18,34H,4-8,11,13H2,1-3H3,(H2,31,32,35)/t15-,18+/m0/s1. The number of rotatable bonds is 4. The van der Waals surface area contributed by atoms with Gasteiger partial charge in [0.25, 0.3) is 0 Å². The van der Waals surface area contributed by atoms with Crippen LogP contribution in [0.4, 0.5) is 28.4 Å². The SMILES string of the molecule is CC(C)(C)OC(=O)N1CCC[C@H](S(=O)(=O)c2c(Cl)ccc(NC(=O)N[C@@H]3CCCc4cc(C(F)(F)F)oc43)c2O)C1. The monoisotopic (exact) mass is 621 g/mol. The van der Waals surface area contributed by atoms with E-state index in [1.807, 2.05) is 0 Å². The van der Waals surface area contributed by atoms with Gasteiger partial charge in [-0.25, -0.2) is 18.0 Å². The Morgan fingerprint density at radius 1 is 1.17 bits per heavy atom. The average molecular weight is 622 g/mol. The Balaban J connectivity index is 1.52. The summed E-state index contributed by atoms with van der Waals surface area (Å²) in [6.07, 6.45) is -3.59. The Hall–Kier alpha value is -3.13. The highest BCUT2D eigenvalue weighted by Crippen LogP contribution is 2.41. The van der Waals surface area contributed by atoms with Gasteiger partial charge in [-0.2, -0.15) is 13.2 Å². The number of amides is 3. The van der Waals surface area contributed by atoms with Gasteiger partial charge in [0.1, 0.15) is 16.3 Å². The number of piperidine rings is 1. The second-order valence-electron chi connectivity index (χ2n) is 11.0. The number of benzene rings is 1. The fraction of sp³-hybridized carbons (Fsp3) is 0.538. The summed E-state index contributed by atoms with van der Waals surface area (Å²) in [5.41, 5.74) is -0.719. The molecule has 3 amide bonds. The van der Waals surface area contributed by atoms with E-state index in [1.54, 1.807) is 20.8 Å². The van der Waals surface area contributed by atoms with Crippen LogP contribution in [0.15, 0.2) is 27.5 Å². The fourth-order valence-electron chi connectivity index (χ4n) is 4.92. The molecule has 41 heavy (non-hydrogen) atoms. The summed E-state index contributed by atoms with van der Waals surface area (Å²) in [5, 5.41) is 14.4. The maximum absolute atomic E-state index is 13.6. The molecule has 1 aliphatic heterocycles. The maximum Gasteiger partial charge on any atom is 0.449 e. The van der Waals surface area contributed by atoms with E-state index in [0.717, 1.165) is 6.07 Å². The summed E-state index contributed by atoms with van der Waals surface area (Å²) in [7, 11) is -4.29. The van der Waals surface area contributed by atoms with E-state index < -0.39 is 61.4 Å². The number of sulfone groups is 1. The number of aromatic hydroxyl groups is 1. The maximum atomic E-state index is 13.6. The molecule has 1 saturated heterocycles. The van der Waals surface area contributed by atoms with Gasteiger partial charge < -0.3 is 29.8 Å². The van der Waals surface area contributed by atoms with E-state index in [9.17, 15) is 36.3 Å². The zero-order chi connectivity index (χ0) is 30.3. The number of likely N-dealkylation sites (tertiary alicyclic amines) is 1. The van der Waals surface area contributed by atoms with Crippen LogP contribution in [0.25, 0.3) is 0 Å². The molecule has 226 valence electrons. The molecule has 2 atom stereocenters. The van der Waals surface area contributed by atoms with Gasteiger partial charge >= 0.3 is 18.3 Å². The first-order valence-electron chi connectivity index (χ1n) is 13.0. The minimum atomic E-state index is -4.68. The number of furan rings is 1. The third-order valence-corrected chi connectivity index (χ3v) is 9.44. The molecular formula is C26H31ClF3N3O7S. The minimum absolute atomic E-state index is 0.00541. The summed E-state index contributed by atoms with van der Waals surface area (Å²) < 4.78 is 76.9. The van der Waals surface area contributed by atoms with Gasteiger partial charge in [0.15, 0.2) is 15.6 Å². The predicted molar refractivity (Wildman–Crippen MR) is 143 cm³/mol. The van der Waals surface area contributed by atoms with E-state index in [-0.39, 0.29) is 29.4 Å². The van der Waals surface area contributed by atoms with Crippen LogP contribution >= 0.6 is 11.6 Å². The molecule has 2 aliphatic rings. The molecule has 1 aromatic carbocycles. The van der Waals surface area contributed by atoms with Crippen LogP contribution in [0.3, 0.4) is 0 Å². The smallest absolute Gasteiger partial charge is 0.449 e. The van der Waals surface area contributed by atoms with Crippen LogP contribution < -0.4 is 10.6 Å². The Morgan fingerprint density at radius 2 is 1.88 bits per heavy atom. The topological polar surface area (TPSA) is 138 Å². The number of anilines is 1. The van der Waals surface area contributed by atoms with E-state index in [2.05, 4.69) is 10.6 Å². The van der Waals surface area contributed by atoms with Crippen LogP contribution in [0.1, 0.15) is 69.6 Å². The summed E-state index contributed by atoms with van der Waals surface area (Å²) in [5.74, 6) is -1.97. The van der Waals surface area contributed by atoms with Crippen LogP contribution in [0, 0.1) is 0 Å². The number of carbonyl (C=O) groups is 2. The molecule has 3 N–H and O–H groups in total. The molecule has 2 aromatic rings. The Kier molecular flexibility index (Phi) is 8.47. The highest BCUT2D eigenvalue weighted by atomic mass is 35.5. The van der Waals surface area contributed by atoms with Crippen molar-refractivity contribution in [2.24, 2.45) is 0 Å². The number of halogens is 4. The number of phenolic OH excluding ortho intramolecular Hbond substituents is 1. The normalized spacial score (nSPS) is 19.8. The van der Waals surface area contributed by atoms with Crippen molar-refractivity contribution in [3.8, 4) is 5.75 Å². The number of aryl methyl sites for hydroxylation is 1. The lowest BCUT2D eigenvalue weighted by Crippen LogP contribution is -2.47. The van der Waals surface area contributed by atoms with Crippen LogP contribution in [0.5, 0.6) is 5.75 Å². The van der Waals surface area contributed by atoms with Crippen molar-refractivity contribution < 1.29 is 45.4 Å². The number of fused-ring (bicyclic) bond motifs is 1. The molecule has 10 nitrogen and oxygen atoms in total. The number of nitrogens with zero attached hydrogens (tertiary/aromatic N) is 1. The second-order valence-corrected chi connectivity index (χ2v) is 13.6. The van der Waals surface area contributed by atoms with E-state index >= 15 is 0 Å². The number of ether oxygens (including phenoxy) is 1. The number of hydrogen-bond acceptors (Lipinski definition) is 7. The van der Waals surface area contributed by atoms with Gasteiger partial charge in [-0.05, 0) is 76.6 Å². The van der Waals surface area contributed by atoms with Crippen LogP contribution in [0.2, 0.25) is 5.02 Å². The average Bonchev–Trinajstić information content (AvgIpc) is 3.31. The number of phenols is 1. The van der Waals surface area contributed by atoms with Gasteiger partial charge in [0.2, 0.25) is 5.76 Å². The van der Waals surface area contributed by atoms with Crippen molar-refractivity contribution in [3.63, 3.8) is 0 Å². The number of hydrogen-bond donors (Lipinski definition) is 3. The number of urea groups is 1. The Labute approximate surface area is 240 Å². The van der Waals surface area contributed by atoms with E-state index in [1.165, 1.54) is 17.0 Å². The number of alkyl halides is 3. The first-order chi connectivity index (χ1) is 19.0. The van der Waals surface area contributed by atoms with Crippen molar-refractivity contribution >= 4 is 39.2 Å². The Morgan fingerprint density at radius 3 is 2.54 bits per heavy atom. The zero-order valence-corrected chi connectivity index (χ0v) is 24.2. The Bertz CT molecular complexity index is 1440. The largest absolute Gasteiger partial charge is 0.504 e. The third-order valence-electron chi connectivity index (χ3n) is 6.77. The van der Waals surface area contributed by atoms with Crippen molar-refractivity contribution in [1.29, 1.82) is 0 Å². The second kappa shape index (κ2) is 11.3. The predicted octanol–water partition coefficient (Wildman–Crippen LogP) is 6.03. The molecule has 1 aromatic heterocycles. The summed E-state index contributed by atoms with van der Waals surface area (Å²) in [4.78, 5) is 26.0. The van der Waals surface area contributed by atoms with E-state index in [4.69, 9.17) is 20.8 Å². The minimum Gasteiger partial charge on any atom is -0.504 e. The fourth-order valence-corrected chi connectivity index (χ4v) is 7.30. The molecule has 0 saturated carbocycles. The van der Waals surface area contributed by atoms with Crippen molar-refractivity contribution in [2.75, 3.05) is 18.4 Å². The lowest BCUT2D eigenvalue weighted by Gasteiger charge is -2.34. The molecule has 0 bridgehead atoms. The van der Waals surface area contributed by atoms with E-state index in [0.29, 0.717) is 37.8 Å². The molecule has 1 aliphatic carbocycles. The summed E-state index contributed by atoms with van der Waals surface area (Å²) in [6.45, 7) is 5.19. The van der Waals surface area contributed by atoms with Crippen LogP contribution in [-0.4, -0.2) is 54.5 Å². The van der Waals surface area contributed by atoms with Gasteiger partial charge in [-0.3, -0.25) is 0 Å². The molecular weight excluding hydrogens is 591 g/mol. The highest BCUT2D eigenvalue weighted by Gasteiger charge is 2.40. The summed E-state index contributed by atoms with van der Waals surface area (Å²) >= 11 is 6.20. The van der Waals surface area contributed by atoms with Gasteiger partial charge in [-0.1, -0.05) is 11.6 Å². The van der Waals surface area contributed by atoms with Crippen LogP contribution in [-0.2, 0) is 27.2 Å². The van der Waals surface area contributed by atoms with Crippen molar-refractivity contribution in [2.45, 2.75) is 80.8 Å². The molecule has 0 unspecified atom stereocenters. The van der Waals surface area contributed by atoms with Gasteiger partial charge in [0.05, 0.1) is 22.0 Å². The quantitative estimate of drug-likeness (QED) is 0.354. The van der Waals surface area contributed by atoms with Crippen molar-refractivity contribution in [3.05, 3.63) is 40.3 Å². The van der Waals surface area contributed by atoms with Crippen molar-refractivity contribution in [1.82, 2.24) is 10.2 Å². The zero-order valence-electron chi connectivity index (χ0n) is 22.6. The lowest BCUT2D eigenvalue weighted by molar-refractivity contribution is -0.153. The number of carbonyl (C=O) groups excluding carboxylic acids is 2. The molecule has 1 fully saturated rings. The first-order valence-corrected chi connectivity index (χ1v) is 14.9. The number of nitrogens with one attached hydrogen (secondary N) is 2. The highest BCUT2D eigenvalue weighted by molar-refractivity contribution is 7.92. The first kappa shape index (κ1) is 30.8. The third kappa shape index (κ3) is 6.85. The molecule has 0 radical (unpaired) electrons.